The second-order valence-electron chi connectivity index (χ2n) is 4.74. The van der Waals surface area contributed by atoms with Gasteiger partial charge in [0.05, 0.1) is 24.6 Å². The standard InChI is InChI=1S/C14H15F2N3O/c15-13-2-1-12(9-14(13)16)19-4-3-11(17-19)10-18-5-7-20-8-6-18/h1-4,9H,5-8,10H2. The molecule has 0 atom stereocenters. The third kappa shape index (κ3) is 2.86. The van der Waals surface area contributed by atoms with Gasteiger partial charge in [0.25, 0.3) is 0 Å². The van der Waals surface area contributed by atoms with Gasteiger partial charge >= 0.3 is 0 Å². The normalized spacial score (nSPS) is 16.5. The van der Waals surface area contributed by atoms with Crippen LogP contribution in [0.4, 0.5) is 8.78 Å². The molecule has 20 heavy (non-hydrogen) atoms. The van der Waals surface area contributed by atoms with Crippen molar-refractivity contribution in [2.24, 2.45) is 0 Å². The molecule has 1 aliphatic rings. The van der Waals surface area contributed by atoms with E-state index in [1.807, 2.05) is 6.07 Å². The third-order valence-electron chi connectivity index (χ3n) is 3.30. The minimum atomic E-state index is -0.868. The SMILES string of the molecule is Fc1ccc(-n2ccc(CN3CCOCC3)n2)cc1F. The van der Waals surface area contributed by atoms with E-state index in [0.29, 0.717) is 5.69 Å². The maximum atomic E-state index is 13.2. The quantitative estimate of drug-likeness (QED) is 0.860. The first-order chi connectivity index (χ1) is 9.72. The number of benzene rings is 1. The van der Waals surface area contributed by atoms with Crippen molar-refractivity contribution in [3.8, 4) is 5.69 Å². The summed E-state index contributed by atoms with van der Waals surface area (Å²) in [6.07, 6.45) is 1.75. The van der Waals surface area contributed by atoms with Crippen LogP contribution < -0.4 is 0 Å². The van der Waals surface area contributed by atoms with Crippen LogP contribution in [0.15, 0.2) is 30.5 Å². The van der Waals surface area contributed by atoms with E-state index in [9.17, 15) is 8.78 Å². The molecule has 0 unspecified atom stereocenters. The average molecular weight is 279 g/mol. The second kappa shape index (κ2) is 5.68. The van der Waals surface area contributed by atoms with Crippen molar-refractivity contribution >= 4 is 0 Å². The number of morpholine rings is 1. The van der Waals surface area contributed by atoms with Crippen LogP contribution >= 0.6 is 0 Å². The highest BCUT2D eigenvalue weighted by Gasteiger charge is 2.12. The predicted octanol–water partition coefficient (Wildman–Crippen LogP) is 1.98. The van der Waals surface area contributed by atoms with E-state index in [1.54, 1.807) is 10.9 Å². The van der Waals surface area contributed by atoms with Gasteiger partial charge in [-0.15, -0.1) is 0 Å². The summed E-state index contributed by atoms with van der Waals surface area (Å²) < 4.78 is 33.0. The Kier molecular flexibility index (Phi) is 3.75. The molecule has 4 nitrogen and oxygen atoms in total. The molecule has 1 saturated heterocycles. The van der Waals surface area contributed by atoms with Crippen molar-refractivity contribution in [3.05, 3.63) is 47.8 Å². The van der Waals surface area contributed by atoms with E-state index >= 15 is 0 Å². The lowest BCUT2D eigenvalue weighted by Gasteiger charge is -2.25. The molecule has 2 aromatic rings. The highest BCUT2D eigenvalue weighted by Crippen LogP contribution is 2.13. The first kappa shape index (κ1) is 13.2. The molecule has 0 N–H and O–H groups in total. The largest absolute Gasteiger partial charge is 0.379 e. The van der Waals surface area contributed by atoms with Crippen molar-refractivity contribution in [2.75, 3.05) is 26.3 Å². The highest BCUT2D eigenvalue weighted by atomic mass is 19.2. The molecule has 0 amide bonds. The molecule has 3 rings (SSSR count). The third-order valence-corrected chi connectivity index (χ3v) is 3.30. The van der Waals surface area contributed by atoms with E-state index in [2.05, 4.69) is 10.00 Å². The topological polar surface area (TPSA) is 30.3 Å². The smallest absolute Gasteiger partial charge is 0.160 e. The number of halogens is 2. The van der Waals surface area contributed by atoms with E-state index in [4.69, 9.17) is 4.74 Å². The van der Waals surface area contributed by atoms with Gasteiger partial charge in [0, 0.05) is 31.9 Å². The number of hydrogen-bond acceptors (Lipinski definition) is 3. The van der Waals surface area contributed by atoms with Gasteiger partial charge in [0.2, 0.25) is 0 Å². The molecule has 1 aromatic carbocycles. The van der Waals surface area contributed by atoms with Crippen LogP contribution in [-0.4, -0.2) is 41.0 Å². The van der Waals surface area contributed by atoms with E-state index in [-0.39, 0.29) is 0 Å². The van der Waals surface area contributed by atoms with Crippen molar-refractivity contribution in [2.45, 2.75) is 6.54 Å². The molecular formula is C14H15F2N3O. The first-order valence-electron chi connectivity index (χ1n) is 6.52. The fourth-order valence-electron chi connectivity index (χ4n) is 2.21. The molecule has 1 fully saturated rings. The molecule has 6 heteroatoms. The van der Waals surface area contributed by atoms with Crippen LogP contribution in [0.1, 0.15) is 5.69 Å². The Morgan fingerprint density at radius 3 is 2.65 bits per heavy atom. The summed E-state index contributed by atoms with van der Waals surface area (Å²) in [6, 6.07) is 5.63. The van der Waals surface area contributed by atoms with E-state index in [0.717, 1.165) is 50.7 Å². The predicted molar refractivity (Wildman–Crippen MR) is 69.6 cm³/mol. The van der Waals surface area contributed by atoms with Crippen LogP contribution in [0.25, 0.3) is 5.69 Å². The number of ether oxygens (including phenoxy) is 1. The summed E-state index contributed by atoms with van der Waals surface area (Å²) in [6.45, 7) is 3.99. The summed E-state index contributed by atoms with van der Waals surface area (Å²) in [4.78, 5) is 2.25. The second-order valence-corrected chi connectivity index (χ2v) is 4.74. The highest BCUT2D eigenvalue weighted by molar-refractivity contribution is 5.32. The Balaban J connectivity index is 1.73. The van der Waals surface area contributed by atoms with E-state index in [1.165, 1.54) is 6.07 Å². The van der Waals surface area contributed by atoms with Crippen molar-refractivity contribution in [1.82, 2.24) is 14.7 Å². The molecule has 0 spiro atoms. The van der Waals surface area contributed by atoms with Gasteiger partial charge in [0.1, 0.15) is 0 Å². The minimum absolute atomic E-state index is 0.511. The Hall–Kier alpha value is -1.79. The molecule has 1 aliphatic heterocycles. The summed E-state index contributed by atoms with van der Waals surface area (Å²) in [7, 11) is 0. The summed E-state index contributed by atoms with van der Waals surface area (Å²) >= 11 is 0. The Morgan fingerprint density at radius 2 is 1.90 bits per heavy atom. The number of hydrogen-bond donors (Lipinski definition) is 0. The fraction of sp³-hybridized carbons (Fsp3) is 0.357. The summed E-state index contributed by atoms with van der Waals surface area (Å²) in [5.74, 6) is -1.72. The number of aromatic nitrogens is 2. The lowest BCUT2D eigenvalue weighted by atomic mass is 10.3. The van der Waals surface area contributed by atoms with Crippen molar-refractivity contribution in [1.29, 1.82) is 0 Å². The van der Waals surface area contributed by atoms with Crippen molar-refractivity contribution in [3.63, 3.8) is 0 Å². The summed E-state index contributed by atoms with van der Waals surface area (Å²) in [5, 5.41) is 4.39. The average Bonchev–Trinajstić information content (AvgIpc) is 2.91. The van der Waals surface area contributed by atoms with Crippen LogP contribution in [0.3, 0.4) is 0 Å². The first-order valence-corrected chi connectivity index (χ1v) is 6.52. The molecule has 0 bridgehead atoms. The lowest BCUT2D eigenvalue weighted by Crippen LogP contribution is -2.35. The Labute approximate surface area is 115 Å². The molecule has 106 valence electrons. The molecular weight excluding hydrogens is 264 g/mol. The molecule has 0 saturated carbocycles. The van der Waals surface area contributed by atoms with Crippen LogP contribution in [0.5, 0.6) is 0 Å². The van der Waals surface area contributed by atoms with Gasteiger partial charge in [-0.3, -0.25) is 4.90 Å². The zero-order chi connectivity index (χ0) is 13.9. The van der Waals surface area contributed by atoms with Gasteiger partial charge in [-0.2, -0.15) is 5.10 Å². The Bertz CT molecular complexity index is 594. The van der Waals surface area contributed by atoms with Gasteiger partial charge in [-0.1, -0.05) is 0 Å². The zero-order valence-corrected chi connectivity index (χ0v) is 10.9. The fourth-order valence-corrected chi connectivity index (χ4v) is 2.21. The van der Waals surface area contributed by atoms with Gasteiger partial charge in [0.15, 0.2) is 11.6 Å². The van der Waals surface area contributed by atoms with Gasteiger partial charge < -0.3 is 4.74 Å². The number of nitrogens with zero attached hydrogens (tertiary/aromatic N) is 3. The number of rotatable bonds is 3. The van der Waals surface area contributed by atoms with Gasteiger partial charge in [-0.05, 0) is 18.2 Å². The molecule has 0 radical (unpaired) electrons. The lowest BCUT2D eigenvalue weighted by molar-refractivity contribution is 0.0336. The summed E-state index contributed by atoms with van der Waals surface area (Å²) in [5.41, 5.74) is 1.41. The monoisotopic (exact) mass is 279 g/mol. The van der Waals surface area contributed by atoms with E-state index < -0.39 is 11.6 Å². The molecule has 0 aliphatic carbocycles. The molecule has 2 heterocycles. The maximum absolute atomic E-state index is 13.2. The van der Waals surface area contributed by atoms with Crippen LogP contribution in [0.2, 0.25) is 0 Å². The maximum Gasteiger partial charge on any atom is 0.160 e. The molecule has 1 aromatic heterocycles. The van der Waals surface area contributed by atoms with Crippen molar-refractivity contribution < 1.29 is 13.5 Å². The minimum Gasteiger partial charge on any atom is -0.379 e. The van der Waals surface area contributed by atoms with Gasteiger partial charge in [-0.25, -0.2) is 13.5 Å². The zero-order valence-electron chi connectivity index (χ0n) is 10.9. The van der Waals surface area contributed by atoms with Crippen LogP contribution in [-0.2, 0) is 11.3 Å². The van der Waals surface area contributed by atoms with Crippen LogP contribution in [0, 0.1) is 11.6 Å². The Morgan fingerprint density at radius 1 is 1.10 bits per heavy atom.